The van der Waals surface area contributed by atoms with Crippen molar-refractivity contribution in [3.8, 4) is 0 Å². The van der Waals surface area contributed by atoms with Gasteiger partial charge in [0, 0.05) is 37.9 Å². The molecule has 0 aliphatic carbocycles. The quantitative estimate of drug-likeness (QED) is 0.299. The van der Waals surface area contributed by atoms with Crippen LogP contribution in [0, 0.1) is 10.1 Å². The van der Waals surface area contributed by atoms with E-state index in [9.17, 15) is 19.7 Å². The molecule has 0 saturated carbocycles. The van der Waals surface area contributed by atoms with Crippen LogP contribution in [-0.4, -0.2) is 59.9 Å². The van der Waals surface area contributed by atoms with E-state index in [2.05, 4.69) is 0 Å². The Morgan fingerprint density at radius 2 is 1.79 bits per heavy atom. The van der Waals surface area contributed by atoms with Gasteiger partial charge in [-0.3, -0.25) is 19.7 Å². The molecule has 2 amide bonds. The van der Waals surface area contributed by atoms with Gasteiger partial charge in [0.25, 0.3) is 11.6 Å². The minimum absolute atomic E-state index is 0.139. The first kappa shape index (κ1) is 24.7. The highest BCUT2D eigenvalue weighted by Gasteiger charge is 2.24. The van der Waals surface area contributed by atoms with Crippen LogP contribution in [0.1, 0.15) is 21.7 Å². The molecule has 34 heavy (non-hydrogen) atoms. The number of carbonyl (C=O) groups is 2. The Morgan fingerprint density at radius 1 is 1.00 bits per heavy atom. The molecule has 178 valence electrons. The van der Waals surface area contributed by atoms with Crippen molar-refractivity contribution in [1.29, 1.82) is 0 Å². The minimum atomic E-state index is -0.559. The van der Waals surface area contributed by atoms with Crippen LogP contribution in [0.2, 0.25) is 0 Å². The lowest BCUT2D eigenvalue weighted by Crippen LogP contribution is -2.44. The molecule has 1 heterocycles. The molecule has 0 unspecified atom stereocenters. The number of nitro benzene ring substituents is 1. The fraction of sp³-hybridized carbons (Fsp3) is 0.280. The normalized spacial score (nSPS) is 10.6. The number of non-ortho nitro benzene ring substituents is 1. The summed E-state index contributed by atoms with van der Waals surface area (Å²) < 4.78 is 10.5. The molecule has 3 rings (SSSR count). The second-order valence-electron chi connectivity index (χ2n) is 7.66. The number of rotatable bonds is 12. The Bertz CT molecular complexity index is 1090. The van der Waals surface area contributed by atoms with Crippen LogP contribution in [-0.2, 0) is 22.5 Å². The molecule has 0 aliphatic rings. The number of nitrogens with zero attached hydrogens (tertiary/aromatic N) is 3. The first-order valence-electron chi connectivity index (χ1n) is 10.8. The zero-order valence-corrected chi connectivity index (χ0v) is 19.0. The van der Waals surface area contributed by atoms with Gasteiger partial charge in [0.2, 0.25) is 5.91 Å². The van der Waals surface area contributed by atoms with Gasteiger partial charge in [-0.25, -0.2) is 0 Å². The highest BCUT2D eigenvalue weighted by Crippen LogP contribution is 2.16. The summed E-state index contributed by atoms with van der Waals surface area (Å²) in [7, 11) is 1.50. The number of nitro groups is 1. The molecule has 9 nitrogen and oxygen atoms in total. The summed E-state index contributed by atoms with van der Waals surface area (Å²) in [5, 5.41) is 11.1. The molecular formula is C25H27N3O6. The molecule has 0 radical (unpaired) electrons. The predicted molar refractivity (Wildman–Crippen MR) is 125 cm³/mol. The average molecular weight is 466 g/mol. The van der Waals surface area contributed by atoms with Gasteiger partial charge in [-0.1, -0.05) is 36.4 Å². The highest BCUT2D eigenvalue weighted by molar-refractivity contribution is 5.97. The zero-order chi connectivity index (χ0) is 24.3. The lowest BCUT2D eigenvalue weighted by atomic mass is 10.1. The molecule has 0 saturated heterocycles. The van der Waals surface area contributed by atoms with E-state index in [1.807, 2.05) is 30.3 Å². The van der Waals surface area contributed by atoms with Crippen molar-refractivity contribution in [2.75, 3.05) is 33.4 Å². The van der Waals surface area contributed by atoms with Gasteiger partial charge in [-0.2, -0.15) is 0 Å². The van der Waals surface area contributed by atoms with Crippen molar-refractivity contribution in [3.05, 3.63) is 100.0 Å². The molecule has 3 aromatic rings. The van der Waals surface area contributed by atoms with E-state index in [0.29, 0.717) is 18.7 Å². The third-order valence-electron chi connectivity index (χ3n) is 5.28. The second kappa shape index (κ2) is 12.3. The molecule has 9 heteroatoms. The zero-order valence-electron chi connectivity index (χ0n) is 19.0. The Labute approximate surface area is 197 Å². The summed E-state index contributed by atoms with van der Waals surface area (Å²) in [5.41, 5.74) is 1.04. The molecule has 0 fully saturated rings. The molecule has 0 atom stereocenters. The van der Waals surface area contributed by atoms with Crippen molar-refractivity contribution in [2.24, 2.45) is 0 Å². The maximum atomic E-state index is 13.3. The molecule has 0 bridgehead atoms. The van der Waals surface area contributed by atoms with E-state index in [1.165, 1.54) is 36.3 Å². The van der Waals surface area contributed by atoms with Gasteiger partial charge >= 0.3 is 0 Å². The highest BCUT2D eigenvalue weighted by atomic mass is 16.6. The van der Waals surface area contributed by atoms with E-state index in [1.54, 1.807) is 23.3 Å². The van der Waals surface area contributed by atoms with E-state index >= 15 is 0 Å². The second-order valence-corrected chi connectivity index (χ2v) is 7.66. The van der Waals surface area contributed by atoms with Crippen LogP contribution >= 0.6 is 0 Å². The van der Waals surface area contributed by atoms with E-state index < -0.39 is 10.8 Å². The molecule has 0 spiro atoms. The number of amides is 2. The first-order valence-corrected chi connectivity index (χ1v) is 10.8. The van der Waals surface area contributed by atoms with Crippen molar-refractivity contribution in [3.63, 3.8) is 0 Å². The van der Waals surface area contributed by atoms with Gasteiger partial charge in [-0.15, -0.1) is 0 Å². The number of furan rings is 1. The van der Waals surface area contributed by atoms with Crippen molar-refractivity contribution in [1.82, 2.24) is 9.80 Å². The Hall–Kier alpha value is -3.98. The van der Waals surface area contributed by atoms with Crippen LogP contribution in [0.3, 0.4) is 0 Å². The molecule has 0 aliphatic heterocycles. The standard InChI is InChI=1S/C25H27N3O6/c1-33-16-14-27(25(30)21-9-5-10-22(17-21)28(31)32)19-24(29)26(18-23-11-6-15-34-23)13-12-20-7-3-2-4-8-20/h2-11,15,17H,12-14,16,18-19H2,1H3. The lowest BCUT2D eigenvalue weighted by molar-refractivity contribution is -0.384. The summed E-state index contributed by atoms with van der Waals surface area (Å²) in [5.74, 6) is -0.104. The molecule has 1 aromatic heterocycles. The summed E-state index contributed by atoms with van der Waals surface area (Å²) in [6.45, 7) is 0.891. The van der Waals surface area contributed by atoms with Gasteiger partial charge in [-0.05, 0) is 30.2 Å². The van der Waals surface area contributed by atoms with Crippen LogP contribution in [0.4, 0.5) is 5.69 Å². The Kier molecular flexibility index (Phi) is 8.93. The van der Waals surface area contributed by atoms with Crippen molar-refractivity contribution >= 4 is 17.5 Å². The fourth-order valence-corrected chi connectivity index (χ4v) is 3.44. The van der Waals surface area contributed by atoms with Gasteiger partial charge in [0.05, 0.1) is 24.3 Å². The summed E-state index contributed by atoms with van der Waals surface area (Å²) in [6.07, 6.45) is 2.19. The molecular weight excluding hydrogens is 438 g/mol. The monoisotopic (exact) mass is 465 g/mol. The molecule has 2 aromatic carbocycles. The lowest BCUT2D eigenvalue weighted by Gasteiger charge is -2.27. The fourth-order valence-electron chi connectivity index (χ4n) is 3.44. The topological polar surface area (TPSA) is 106 Å². The summed E-state index contributed by atoms with van der Waals surface area (Å²) in [4.78, 5) is 40.0. The third kappa shape index (κ3) is 7.01. The number of methoxy groups -OCH3 is 1. The van der Waals surface area contributed by atoms with Crippen molar-refractivity contribution in [2.45, 2.75) is 13.0 Å². The Morgan fingerprint density at radius 3 is 2.47 bits per heavy atom. The number of benzene rings is 2. The molecule has 0 N–H and O–H groups in total. The number of ether oxygens (including phenoxy) is 1. The summed E-state index contributed by atoms with van der Waals surface area (Å²) >= 11 is 0. The number of hydrogen-bond acceptors (Lipinski definition) is 6. The van der Waals surface area contributed by atoms with E-state index in [-0.39, 0.29) is 43.4 Å². The van der Waals surface area contributed by atoms with Crippen LogP contribution in [0.5, 0.6) is 0 Å². The third-order valence-corrected chi connectivity index (χ3v) is 5.28. The maximum absolute atomic E-state index is 13.3. The SMILES string of the molecule is COCCN(CC(=O)N(CCc1ccccc1)Cc1ccco1)C(=O)c1cccc([N+](=O)[O-])c1. The minimum Gasteiger partial charge on any atom is -0.467 e. The van der Waals surface area contributed by atoms with Crippen LogP contribution in [0.15, 0.2) is 77.4 Å². The van der Waals surface area contributed by atoms with E-state index in [0.717, 1.165) is 5.56 Å². The van der Waals surface area contributed by atoms with Gasteiger partial charge < -0.3 is 19.0 Å². The van der Waals surface area contributed by atoms with Crippen LogP contribution in [0.25, 0.3) is 0 Å². The maximum Gasteiger partial charge on any atom is 0.270 e. The smallest absolute Gasteiger partial charge is 0.270 e. The van der Waals surface area contributed by atoms with Crippen molar-refractivity contribution < 1.29 is 23.7 Å². The number of carbonyl (C=O) groups excluding carboxylic acids is 2. The summed E-state index contributed by atoms with van der Waals surface area (Å²) in [6, 6.07) is 18.8. The van der Waals surface area contributed by atoms with Gasteiger partial charge in [0.1, 0.15) is 12.3 Å². The largest absolute Gasteiger partial charge is 0.467 e. The first-order chi connectivity index (χ1) is 16.5. The van der Waals surface area contributed by atoms with Gasteiger partial charge in [0.15, 0.2) is 0 Å². The Balaban J connectivity index is 1.77. The van der Waals surface area contributed by atoms with E-state index in [4.69, 9.17) is 9.15 Å². The predicted octanol–water partition coefficient (Wildman–Crippen LogP) is 3.55. The number of hydrogen-bond donors (Lipinski definition) is 0. The average Bonchev–Trinajstić information content (AvgIpc) is 3.37. The van der Waals surface area contributed by atoms with Crippen LogP contribution < -0.4 is 0 Å².